The minimum absolute atomic E-state index is 0.637. The summed E-state index contributed by atoms with van der Waals surface area (Å²) in [5, 5.41) is 2.52. The summed E-state index contributed by atoms with van der Waals surface area (Å²) >= 11 is 1.89. The third-order valence-electron chi connectivity index (χ3n) is 11.2. The number of aromatic nitrogens is 2. The molecule has 252 valence electrons. The third kappa shape index (κ3) is 4.62. The van der Waals surface area contributed by atoms with Gasteiger partial charge in [-0.25, -0.2) is 9.97 Å². The Bertz CT molecular complexity index is 2860. The van der Waals surface area contributed by atoms with Crippen LogP contribution in [0.25, 0.3) is 66.9 Å². The zero-order chi connectivity index (χ0) is 35.6. The average molecular weight is 705 g/mol. The molecule has 1 aliphatic carbocycles. The lowest BCUT2D eigenvalue weighted by molar-refractivity contribution is 0.711. The summed E-state index contributed by atoms with van der Waals surface area (Å²) in [4.78, 5) is 13.2. The summed E-state index contributed by atoms with van der Waals surface area (Å²) in [7, 11) is 0. The fourth-order valence-corrected chi connectivity index (χ4v) is 10.1. The van der Waals surface area contributed by atoms with E-state index in [1.807, 2.05) is 23.9 Å². The van der Waals surface area contributed by atoms with Crippen molar-refractivity contribution in [1.82, 2.24) is 9.97 Å². The lowest BCUT2D eigenvalue weighted by Gasteiger charge is -2.43. The maximum Gasteiger partial charge on any atom is 0.160 e. The highest BCUT2D eigenvalue weighted by Crippen LogP contribution is 2.62. The SMILES string of the molecule is c1ccc(-c2cc(-c3ccccc3)nc(-c3ccc4c(c3)C3(c5ccccc5Sc5c3ccc3ccccc53)c3ccccc3-c3ccccc3-4)n2)cc1. The maximum absolute atomic E-state index is 5.31. The van der Waals surface area contributed by atoms with E-state index in [9.17, 15) is 0 Å². The molecule has 0 saturated heterocycles. The van der Waals surface area contributed by atoms with E-state index in [-0.39, 0.29) is 0 Å². The van der Waals surface area contributed by atoms with Crippen LogP contribution in [-0.2, 0) is 5.41 Å². The van der Waals surface area contributed by atoms with Crippen molar-refractivity contribution in [2.45, 2.75) is 15.2 Å². The first-order valence-corrected chi connectivity index (χ1v) is 19.2. The van der Waals surface area contributed by atoms with Gasteiger partial charge in [-0.15, -0.1) is 0 Å². The molecule has 2 nitrogen and oxygen atoms in total. The highest BCUT2D eigenvalue weighted by atomic mass is 32.2. The predicted octanol–water partition coefficient (Wildman–Crippen LogP) is 13.1. The Morgan fingerprint density at radius 3 is 1.67 bits per heavy atom. The third-order valence-corrected chi connectivity index (χ3v) is 12.4. The van der Waals surface area contributed by atoms with Crippen LogP contribution in [0.3, 0.4) is 0 Å². The molecule has 1 aliphatic heterocycles. The lowest BCUT2D eigenvalue weighted by Crippen LogP contribution is -2.34. The van der Waals surface area contributed by atoms with Crippen molar-refractivity contribution in [2.75, 3.05) is 0 Å². The fourth-order valence-electron chi connectivity index (χ4n) is 8.81. The van der Waals surface area contributed by atoms with Crippen molar-refractivity contribution in [1.29, 1.82) is 0 Å². The van der Waals surface area contributed by atoms with E-state index >= 15 is 0 Å². The summed E-state index contributed by atoms with van der Waals surface area (Å²) in [5.74, 6) is 0.705. The van der Waals surface area contributed by atoms with E-state index in [0.717, 1.165) is 28.1 Å². The molecule has 9 aromatic rings. The van der Waals surface area contributed by atoms with Crippen molar-refractivity contribution in [3.63, 3.8) is 0 Å². The smallest absolute Gasteiger partial charge is 0.160 e. The summed E-state index contributed by atoms with van der Waals surface area (Å²) in [6.45, 7) is 0. The number of hydrogen-bond donors (Lipinski definition) is 0. The van der Waals surface area contributed by atoms with Gasteiger partial charge in [0.25, 0.3) is 0 Å². The molecule has 2 heterocycles. The Hall–Kier alpha value is -6.55. The second-order valence-electron chi connectivity index (χ2n) is 14.1. The topological polar surface area (TPSA) is 25.8 Å². The molecule has 3 heteroatoms. The summed E-state index contributed by atoms with van der Waals surface area (Å²) < 4.78 is 0. The van der Waals surface area contributed by atoms with Crippen molar-refractivity contribution in [2.24, 2.45) is 0 Å². The minimum Gasteiger partial charge on any atom is -0.228 e. The molecule has 0 saturated carbocycles. The number of hydrogen-bond acceptors (Lipinski definition) is 3. The highest BCUT2D eigenvalue weighted by molar-refractivity contribution is 7.99. The Morgan fingerprint density at radius 1 is 0.370 bits per heavy atom. The van der Waals surface area contributed by atoms with Crippen LogP contribution >= 0.6 is 11.8 Å². The van der Waals surface area contributed by atoms with Crippen LogP contribution in [0.2, 0.25) is 0 Å². The molecule has 1 aromatic heterocycles. The van der Waals surface area contributed by atoms with Gasteiger partial charge < -0.3 is 0 Å². The van der Waals surface area contributed by atoms with Crippen LogP contribution in [0.5, 0.6) is 0 Å². The molecule has 54 heavy (non-hydrogen) atoms. The van der Waals surface area contributed by atoms with E-state index in [4.69, 9.17) is 9.97 Å². The molecule has 1 spiro atoms. The largest absolute Gasteiger partial charge is 0.228 e. The second-order valence-corrected chi connectivity index (χ2v) is 15.1. The van der Waals surface area contributed by atoms with Crippen molar-refractivity contribution >= 4 is 22.5 Å². The number of nitrogens with zero attached hydrogens (tertiary/aromatic N) is 2. The quantitative estimate of drug-likeness (QED) is 0.183. The van der Waals surface area contributed by atoms with Crippen LogP contribution in [-0.4, -0.2) is 9.97 Å². The van der Waals surface area contributed by atoms with Crippen molar-refractivity contribution in [3.05, 3.63) is 216 Å². The van der Waals surface area contributed by atoms with Gasteiger partial charge in [-0.05, 0) is 73.5 Å². The van der Waals surface area contributed by atoms with E-state index in [0.29, 0.717) is 5.82 Å². The molecule has 1 unspecified atom stereocenters. The van der Waals surface area contributed by atoms with Gasteiger partial charge in [-0.3, -0.25) is 0 Å². The molecule has 0 fully saturated rings. The predicted molar refractivity (Wildman–Crippen MR) is 223 cm³/mol. The second kappa shape index (κ2) is 12.3. The van der Waals surface area contributed by atoms with Gasteiger partial charge in [0.15, 0.2) is 5.82 Å². The Kier molecular flexibility index (Phi) is 7.05. The number of fused-ring (bicyclic) bond motifs is 13. The maximum atomic E-state index is 5.31. The molecule has 8 aromatic carbocycles. The molecular weight excluding hydrogens is 673 g/mol. The summed E-state index contributed by atoms with van der Waals surface area (Å²) in [6.07, 6.45) is 0. The number of rotatable bonds is 3. The van der Waals surface area contributed by atoms with Gasteiger partial charge in [0.2, 0.25) is 0 Å². The molecule has 2 aliphatic rings. The lowest BCUT2D eigenvalue weighted by atomic mass is 9.62. The van der Waals surface area contributed by atoms with Gasteiger partial charge in [0, 0.05) is 26.5 Å². The first-order chi connectivity index (χ1) is 26.8. The van der Waals surface area contributed by atoms with Crippen molar-refractivity contribution < 1.29 is 0 Å². The zero-order valence-electron chi connectivity index (χ0n) is 29.3. The first-order valence-electron chi connectivity index (χ1n) is 18.4. The Morgan fingerprint density at radius 2 is 0.944 bits per heavy atom. The summed E-state index contributed by atoms with van der Waals surface area (Å²) in [6, 6.07) is 70.5. The number of benzene rings is 8. The van der Waals surface area contributed by atoms with Gasteiger partial charge in [-0.2, -0.15) is 0 Å². The zero-order valence-corrected chi connectivity index (χ0v) is 30.1. The Labute approximate surface area is 318 Å². The molecule has 1 atom stereocenters. The normalized spacial score (nSPS) is 15.0. The standard InChI is InChI=1S/C51H32N2S/c1-3-16-34(17-4-1)46-32-47(35-18-5-2-6-19-35)53-50(52-46)36-27-29-41-39-22-10-9-21-38(39)40-23-11-12-24-42(40)51(45(41)31-36)43-25-13-14-26-48(43)54-49-37-20-8-7-15-33(37)28-30-44(49)51/h1-32H. The van der Waals surface area contributed by atoms with E-state index in [2.05, 4.69) is 182 Å². The minimum atomic E-state index is -0.637. The van der Waals surface area contributed by atoms with Crippen LogP contribution in [0.1, 0.15) is 22.3 Å². The summed E-state index contributed by atoms with van der Waals surface area (Å²) in [5.41, 5.74) is 14.3. The molecule has 0 N–H and O–H groups in total. The van der Waals surface area contributed by atoms with E-state index < -0.39 is 5.41 Å². The van der Waals surface area contributed by atoms with Gasteiger partial charge in [0.1, 0.15) is 0 Å². The van der Waals surface area contributed by atoms with Gasteiger partial charge >= 0.3 is 0 Å². The van der Waals surface area contributed by atoms with Crippen LogP contribution in [0.4, 0.5) is 0 Å². The van der Waals surface area contributed by atoms with Crippen molar-refractivity contribution in [3.8, 4) is 56.2 Å². The molecular formula is C51H32N2S. The fraction of sp³-hybridized carbons (Fsp3) is 0.0196. The van der Waals surface area contributed by atoms with Gasteiger partial charge in [-0.1, -0.05) is 188 Å². The van der Waals surface area contributed by atoms with Crippen LogP contribution in [0, 0.1) is 0 Å². The van der Waals surface area contributed by atoms with E-state index in [1.54, 1.807) is 0 Å². The Balaban J connectivity index is 1.28. The van der Waals surface area contributed by atoms with E-state index in [1.165, 1.54) is 65.1 Å². The highest BCUT2D eigenvalue weighted by Gasteiger charge is 2.48. The molecule has 0 radical (unpaired) electrons. The first kappa shape index (κ1) is 31.0. The molecule has 0 bridgehead atoms. The van der Waals surface area contributed by atoms with Gasteiger partial charge in [0.05, 0.1) is 16.8 Å². The molecule has 11 rings (SSSR count). The monoisotopic (exact) mass is 704 g/mol. The average Bonchev–Trinajstić information content (AvgIpc) is 3.35. The van der Waals surface area contributed by atoms with Crippen LogP contribution in [0.15, 0.2) is 204 Å². The molecule has 0 amide bonds. The van der Waals surface area contributed by atoms with Crippen LogP contribution < -0.4 is 0 Å².